The summed E-state index contributed by atoms with van der Waals surface area (Å²) in [5, 5.41) is 3.98. The summed E-state index contributed by atoms with van der Waals surface area (Å²) in [6, 6.07) is 5.21. The number of nitrogens with one attached hydrogen (secondary N) is 1. The van der Waals surface area contributed by atoms with Gasteiger partial charge in [-0.2, -0.15) is 0 Å². The van der Waals surface area contributed by atoms with Crippen LogP contribution in [0.3, 0.4) is 0 Å². The number of carbonyl (C=O) groups is 1. The summed E-state index contributed by atoms with van der Waals surface area (Å²) in [5.41, 5.74) is 0. The fourth-order valence-corrected chi connectivity index (χ4v) is 2.75. The Hall–Kier alpha value is -0.930. The molecule has 1 aliphatic rings. The van der Waals surface area contributed by atoms with Crippen molar-refractivity contribution < 1.29 is 9.53 Å². The molecule has 1 aromatic rings. The number of rotatable bonds is 4. The lowest BCUT2D eigenvalue weighted by Crippen LogP contribution is -2.41. The first kappa shape index (κ1) is 14.5. The fraction of sp³-hybridized carbons (Fsp3) is 0.500. The van der Waals surface area contributed by atoms with Crippen LogP contribution in [0.4, 0.5) is 0 Å². The van der Waals surface area contributed by atoms with Crippen LogP contribution in [-0.4, -0.2) is 18.1 Å². The van der Waals surface area contributed by atoms with Gasteiger partial charge in [-0.15, -0.1) is 0 Å². The summed E-state index contributed by atoms with van der Waals surface area (Å²) < 4.78 is 5.57. The van der Waals surface area contributed by atoms with Gasteiger partial charge < -0.3 is 10.1 Å². The first-order chi connectivity index (χ1) is 9.04. The summed E-state index contributed by atoms with van der Waals surface area (Å²) in [5.74, 6) is 0.412. The van der Waals surface area contributed by atoms with Gasteiger partial charge in [0.05, 0.1) is 0 Å². The predicted molar refractivity (Wildman–Crippen MR) is 77.0 cm³/mol. The van der Waals surface area contributed by atoms with Crippen molar-refractivity contribution >= 4 is 29.1 Å². The summed E-state index contributed by atoms with van der Waals surface area (Å²) in [6.45, 7) is 1.72. The van der Waals surface area contributed by atoms with Gasteiger partial charge in [0.25, 0.3) is 5.91 Å². The van der Waals surface area contributed by atoms with E-state index < -0.39 is 6.10 Å². The highest BCUT2D eigenvalue weighted by Gasteiger charge is 2.21. The minimum absolute atomic E-state index is 0.0944. The van der Waals surface area contributed by atoms with E-state index in [1.807, 2.05) is 0 Å². The van der Waals surface area contributed by atoms with E-state index in [0.29, 0.717) is 21.8 Å². The van der Waals surface area contributed by atoms with Crippen LogP contribution >= 0.6 is 23.2 Å². The van der Waals surface area contributed by atoms with E-state index in [9.17, 15) is 4.79 Å². The van der Waals surface area contributed by atoms with Crippen molar-refractivity contribution in [1.82, 2.24) is 5.32 Å². The molecule has 0 radical (unpaired) electrons. The van der Waals surface area contributed by atoms with Crippen LogP contribution in [0, 0.1) is 0 Å². The predicted octanol–water partition coefficient (Wildman–Crippen LogP) is 3.82. The lowest BCUT2D eigenvalue weighted by Gasteiger charge is -2.18. The Morgan fingerprint density at radius 1 is 1.26 bits per heavy atom. The van der Waals surface area contributed by atoms with Crippen molar-refractivity contribution in [3.05, 3.63) is 28.2 Å². The molecule has 0 heterocycles. The second-order valence-electron chi connectivity index (χ2n) is 4.86. The van der Waals surface area contributed by atoms with Crippen LogP contribution in [0.25, 0.3) is 0 Å². The standard InChI is InChI=1S/C14H17Cl2NO2/c1-9(14(18)17-12-4-2-3-5-12)19-13-7-10(15)6-11(16)8-13/h6-9,12H,2-5H2,1H3,(H,17,18). The first-order valence-corrected chi connectivity index (χ1v) is 7.23. The Labute approximate surface area is 123 Å². The molecule has 19 heavy (non-hydrogen) atoms. The monoisotopic (exact) mass is 301 g/mol. The van der Waals surface area contributed by atoms with Crippen molar-refractivity contribution in [2.45, 2.75) is 44.8 Å². The molecule has 1 aromatic carbocycles. The van der Waals surface area contributed by atoms with E-state index in [1.165, 1.54) is 12.8 Å². The second-order valence-corrected chi connectivity index (χ2v) is 5.73. The van der Waals surface area contributed by atoms with Crippen molar-refractivity contribution in [2.75, 3.05) is 0 Å². The van der Waals surface area contributed by atoms with Crippen LogP contribution in [0.1, 0.15) is 32.6 Å². The van der Waals surface area contributed by atoms with Crippen LogP contribution < -0.4 is 10.1 Å². The van der Waals surface area contributed by atoms with E-state index in [0.717, 1.165) is 12.8 Å². The third kappa shape index (κ3) is 4.29. The molecule has 1 aliphatic carbocycles. The minimum atomic E-state index is -0.560. The van der Waals surface area contributed by atoms with Gasteiger partial charge in [0.15, 0.2) is 6.10 Å². The topological polar surface area (TPSA) is 38.3 Å². The summed E-state index contributed by atoms with van der Waals surface area (Å²) in [7, 11) is 0. The molecule has 0 aliphatic heterocycles. The molecule has 1 N–H and O–H groups in total. The summed E-state index contributed by atoms with van der Waals surface area (Å²) in [6.07, 6.45) is 3.92. The zero-order valence-electron chi connectivity index (χ0n) is 10.8. The summed E-state index contributed by atoms with van der Waals surface area (Å²) in [4.78, 5) is 12.0. The van der Waals surface area contributed by atoms with Gasteiger partial charge in [-0.3, -0.25) is 4.79 Å². The van der Waals surface area contributed by atoms with Crippen LogP contribution in [-0.2, 0) is 4.79 Å². The number of carbonyl (C=O) groups excluding carboxylic acids is 1. The molecule has 1 atom stereocenters. The maximum absolute atomic E-state index is 12.0. The molecule has 1 fully saturated rings. The van der Waals surface area contributed by atoms with Crippen LogP contribution in [0.15, 0.2) is 18.2 Å². The van der Waals surface area contributed by atoms with Crippen molar-refractivity contribution in [3.8, 4) is 5.75 Å². The molecular formula is C14H17Cl2NO2. The Morgan fingerprint density at radius 2 is 1.84 bits per heavy atom. The average molecular weight is 302 g/mol. The molecule has 1 saturated carbocycles. The van der Waals surface area contributed by atoms with Crippen molar-refractivity contribution in [2.24, 2.45) is 0 Å². The molecule has 0 bridgehead atoms. The molecule has 0 spiro atoms. The molecule has 1 amide bonds. The number of halogens is 2. The Kier molecular flexibility index (Phi) is 4.94. The quantitative estimate of drug-likeness (QED) is 0.918. The van der Waals surface area contributed by atoms with Crippen molar-refractivity contribution in [3.63, 3.8) is 0 Å². The molecule has 0 aromatic heterocycles. The number of ether oxygens (including phenoxy) is 1. The summed E-state index contributed by atoms with van der Waals surface area (Å²) >= 11 is 11.8. The molecule has 104 valence electrons. The largest absolute Gasteiger partial charge is 0.481 e. The molecule has 2 rings (SSSR count). The smallest absolute Gasteiger partial charge is 0.260 e. The third-order valence-corrected chi connectivity index (χ3v) is 3.66. The van der Waals surface area contributed by atoms with Gasteiger partial charge in [-0.1, -0.05) is 36.0 Å². The first-order valence-electron chi connectivity index (χ1n) is 6.48. The van der Waals surface area contributed by atoms with Crippen LogP contribution in [0.2, 0.25) is 10.0 Å². The van der Waals surface area contributed by atoms with Gasteiger partial charge in [-0.05, 0) is 38.0 Å². The normalized spacial score (nSPS) is 17.2. The van der Waals surface area contributed by atoms with Gasteiger partial charge >= 0.3 is 0 Å². The zero-order valence-corrected chi connectivity index (χ0v) is 12.3. The Balaban J connectivity index is 1.91. The third-order valence-electron chi connectivity index (χ3n) is 3.22. The lowest BCUT2D eigenvalue weighted by molar-refractivity contribution is -0.127. The van der Waals surface area contributed by atoms with E-state index in [4.69, 9.17) is 27.9 Å². The number of benzene rings is 1. The van der Waals surface area contributed by atoms with Crippen LogP contribution in [0.5, 0.6) is 5.75 Å². The Bertz CT molecular complexity index is 439. The zero-order chi connectivity index (χ0) is 13.8. The SMILES string of the molecule is CC(Oc1cc(Cl)cc(Cl)c1)C(=O)NC1CCCC1. The molecule has 1 unspecified atom stereocenters. The second kappa shape index (κ2) is 6.49. The fourth-order valence-electron chi connectivity index (χ4n) is 2.24. The lowest BCUT2D eigenvalue weighted by atomic mass is 10.2. The van der Waals surface area contributed by atoms with Gasteiger partial charge in [-0.25, -0.2) is 0 Å². The molecule has 0 saturated heterocycles. The highest BCUT2D eigenvalue weighted by Crippen LogP contribution is 2.25. The van der Waals surface area contributed by atoms with Gasteiger partial charge in [0.2, 0.25) is 0 Å². The number of hydrogen-bond donors (Lipinski definition) is 1. The van der Waals surface area contributed by atoms with E-state index in [1.54, 1.807) is 25.1 Å². The van der Waals surface area contributed by atoms with E-state index in [-0.39, 0.29) is 5.91 Å². The highest BCUT2D eigenvalue weighted by atomic mass is 35.5. The number of hydrogen-bond acceptors (Lipinski definition) is 2. The van der Waals surface area contributed by atoms with E-state index in [2.05, 4.69) is 5.32 Å². The maximum Gasteiger partial charge on any atom is 0.260 e. The molecular weight excluding hydrogens is 285 g/mol. The Morgan fingerprint density at radius 3 is 2.42 bits per heavy atom. The average Bonchev–Trinajstić information content (AvgIpc) is 2.80. The highest BCUT2D eigenvalue weighted by molar-refractivity contribution is 6.34. The number of amides is 1. The van der Waals surface area contributed by atoms with Crippen molar-refractivity contribution in [1.29, 1.82) is 0 Å². The minimum Gasteiger partial charge on any atom is -0.481 e. The van der Waals surface area contributed by atoms with Gasteiger partial charge in [0, 0.05) is 16.1 Å². The maximum atomic E-state index is 12.0. The molecule has 5 heteroatoms. The molecule has 3 nitrogen and oxygen atoms in total. The van der Waals surface area contributed by atoms with Gasteiger partial charge in [0.1, 0.15) is 5.75 Å². The van der Waals surface area contributed by atoms with E-state index >= 15 is 0 Å².